The first-order valence-corrected chi connectivity index (χ1v) is 8.50. The van der Waals surface area contributed by atoms with Crippen LogP contribution in [-0.4, -0.2) is 37.4 Å². The third-order valence-corrected chi connectivity index (χ3v) is 5.48. The van der Waals surface area contributed by atoms with Crippen molar-refractivity contribution < 1.29 is 4.74 Å². The van der Waals surface area contributed by atoms with E-state index in [0.29, 0.717) is 12.1 Å². The normalized spacial score (nSPS) is 34.8. The molecule has 3 atom stereocenters. The molecule has 114 valence electrons. The molecular formula is C18H26N2O. The lowest BCUT2D eigenvalue weighted by molar-refractivity contribution is -0.105. The van der Waals surface area contributed by atoms with Gasteiger partial charge >= 0.3 is 0 Å². The first-order valence-electron chi connectivity index (χ1n) is 8.50. The second kappa shape index (κ2) is 5.71. The Hall–Kier alpha value is -0.900. The number of benzene rings is 1. The minimum Gasteiger partial charge on any atom is -0.375 e. The fourth-order valence-electron chi connectivity index (χ4n) is 4.15. The number of hydrogen-bond acceptors (Lipinski definition) is 3. The van der Waals surface area contributed by atoms with E-state index >= 15 is 0 Å². The molecule has 21 heavy (non-hydrogen) atoms. The van der Waals surface area contributed by atoms with Crippen molar-refractivity contribution in [3.05, 3.63) is 35.9 Å². The van der Waals surface area contributed by atoms with Crippen LogP contribution in [0.4, 0.5) is 0 Å². The average molecular weight is 286 g/mol. The van der Waals surface area contributed by atoms with Crippen LogP contribution in [0.25, 0.3) is 0 Å². The molecule has 0 amide bonds. The summed E-state index contributed by atoms with van der Waals surface area (Å²) in [7, 11) is 0. The van der Waals surface area contributed by atoms with Gasteiger partial charge < -0.3 is 15.4 Å². The quantitative estimate of drug-likeness (QED) is 0.895. The first-order chi connectivity index (χ1) is 10.3. The molecule has 1 aliphatic carbocycles. The van der Waals surface area contributed by atoms with Crippen molar-refractivity contribution >= 4 is 0 Å². The monoisotopic (exact) mass is 286 g/mol. The van der Waals surface area contributed by atoms with Gasteiger partial charge in [0.25, 0.3) is 0 Å². The van der Waals surface area contributed by atoms with Gasteiger partial charge in [-0.1, -0.05) is 30.3 Å². The summed E-state index contributed by atoms with van der Waals surface area (Å²) in [5.74, 6) is 0.734. The SMILES string of the molecule is c1ccc([C@@H]2C[C@H]2N[C@@H]2CCOC3(CCNCC3)C2)cc1. The summed E-state index contributed by atoms with van der Waals surface area (Å²) < 4.78 is 6.17. The molecule has 0 aromatic heterocycles. The molecule has 0 radical (unpaired) electrons. The van der Waals surface area contributed by atoms with Crippen molar-refractivity contribution in [1.29, 1.82) is 0 Å². The number of rotatable bonds is 3. The van der Waals surface area contributed by atoms with Gasteiger partial charge in [0.2, 0.25) is 0 Å². The smallest absolute Gasteiger partial charge is 0.0721 e. The molecule has 1 saturated carbocycles. The lowest BCUT2D eigenvalue weighted by Crippen LogP contribution is -2.52. The Morgan fingerprint density at radius 1 is 1.14 bits per heavy atom. The van der Waals surface area contributed by atoms with E-state index in [4.69, 9.17) is 4.74 Å². The number of piperidine rings is 1. The van der Waals surface area contributed by atoms with Crippen LogP contribution >= 0.6 is 0 Å². The minimum absolute atomic E-state index is 0.165. The molecule has 3 heteroatoms. The molecule has 2 N–H and O–H groups in total. The lowest BCUT2D eigenvalue weighted by atomic mass is 9.83. The number of ether oxygens (including phenoxy) is 1. The summed E-state index contributed by atoms with van der Waals surface area (Å²) in [5.41, 5.74) is 1.66. The van der Waals surface area contributed by atoms with Crippen LogP contribution in [-0.2, 0) is 4.74 Å². The average Bonchev–Trinajstić information content (AvgIpc) is 3.28. The van der Waals surface area contributed by atoms with Gasteiger partial charge in [-0.2, -0.15) is 0 Å². The van der Waals surface area contributed by atoms with Crippen LogP contribution < -0.4 is 10.6 Å². The molecule has 4 rings (SSSR count). The fraction of sp³-hybridized carbons (Fsp3) is 0.667. The zero-order valence-corrected chi connectivity index (χ0v) is 12.7. The second-order valence-corrected chi connectivity index (χ2v) is 7.00. The molecule has 3 aliphatic rings. The maximum absolute atomic E-state index is 6.17. The van der Waals surface area contributed by atoms with E-state index in [1.54, 1.807) is 0 Å². The van der Waals surface area contributed by atoms with E-state index in [2.05, 4.69) is 41.0 Å². The summed E-state index contributed by atoms with van der Waals surface area (Å²) in [4.78, 5) is 0. The standard InChI is InChI=1S/C18H26N2O/c1-2-4-14(5-3-1)16-12-17(16)20-15-6-11-21-18(13-15)7-9-19-10-8-18/h1-5,15-17,19-20H,6-13H2/t15-,16+,17-/m1/s1. The summed E-state index contributed by atoms with van der Waals surface area (Å²) >= 11 is 0. The number of hydrogen-bond donors (Lipinski definition) is 2. The minimum atomic E-state index is 0.165. The van der Waals surface area contributed by atoms with E-state index < -0.39 is 0 Å². The second-order valence-electron chi connectivity index (χ2n) is 7.00. The molecular weight excluding hydrogens is 260 g/mol. The number of nitrogens with one attached hydrogen (secondary N) is 2. The van der Waals surface area contributed by atoms with Gasteiger partial charge in [-0.05, 0) is 50.8 Å². The highest BCUT2D eigenvalue weighted by Gasteiger charge is 2.43. The molecule has 1 aromatic rings. The summed E-state index contributed by atoms with van der Waals surface area (Å²) in [6.07, 6.45) is 6.03. The van der Waals surface area contributed by atoms with Crippen LogP contribution in [0.1, 0.15) is 43.6 Å². The predicted octanol–water partition coefficient (Wildman–Crippen LogP) is 2.43. The van der Waals surface area contributed by atoms with Crippen LogP contribution in [0, 0.1) is 0 Å². The molecule has 0 unspecified atom stereocenters. The van der Waals surface area contributed by atoms with Crippen molar-refractivity contribution in [2.75, 3.05) is 19.7 Å². The Kier molecular flexibility index (Phi) is 3.74. The van der Waals surface area contributed by atoms with Gasteiger partial charge in [0.1, 0.15) is 0 Å². The molecule has 0 bridgehead atoms. The van der Waals surface area contributed by atoms with Crippen molar-refractivity contribution in [3.63, 3.8) is 0 Å². The highest BCUT2D eigenvalue weighted by Crippen LogP contribution is 2.42. The van der Waals surface area contributed by atoms with Crippen molar-refractivity contribution in [2.45, 2.75) is 55.7 Å². The van der Waals surface area contributed by atoms with Gasteiger partial charge in [-0.25, -0.2) is 0 Å². The van der Waals surface area contributed by atoms with Crippen LogP contribution in [0.5, 0.6) is 0 Å². The highest BCUT2D eigenvalue weighted by molar-refractivity contribution is 5.27. The van der Waals surface area contributed by atoms with Gasteiger partial charge in [0.05, 0.1) is 5.60 Å². The van der Waals surface area contributed by atoms with E-state index in [1.165, 1.54) is 37.7 Å². The Morgan fingerprint density at radius 3 is 2.76 bits per heavy atom. The maximum Gasteiger partial charge on any atom is 0.0721 e. The van der Waals surface area contributed by atoms with Crippen LogP contribution in [0.15, 0.2) is 30.3 Å². The van der Waals surface area contributed by atoms with Gasteiger partial charge in [0.15, 0.2) is 0 Å². The van der Waals surface area contributed by atoms with E-state index in [1.807, 2.05) is 0 Å². The topological polar surface area (TPSA) is 33.3 Å². The molecule has 1 aromatic carbocycles. The van der Waals surface area contributed by atoms with E-state index in [0.717, 1.165) is 25.6 Å². The van der Waals surface area contributed by atoms with Gasteiger partial charge in [0, 0.05) is 24.6 Å². The third kappa shape index (κ3) is 3.01. The van der Waals surface area contributed by atoms with E-state index in [-0.39, 0.29) is 5.60 Å². The van der Waals surface area contributed by atoms with Crippen molar-refractivity contribution in [3.8, 4) is 0 Å². The molecule has 2 heterocycles. The van der Waals surface area contributed by atoms with E-state index in [9.17, 15) is 0 Å². The van der Waals surface area contributed by atoms with Gasteiger partial charge in [-0.15, -0.1) is 0 Å². The van der Waals surface area contributed by atoms with Crippen LogP contribution in [0.3, 0.4) is 0 Å². The maximum atomic E-state index is 6.17. The van der Waals surface area contributed by atoms with Crippen molar-refractivity contribution in [2.24, 2.45) is 0 Å². The molecule has 3 nitrogen and oxygen atoms in total. The Morgan fingerprint density at radius 2 is 1.95 bits per heavy atom. The first kappa shape index (κ1) is 13.7. The summed E-state index contributed by atoms with van der Waals surface area (Å²) in [6.45, 7) is 3.16. The molecule has 1 spiro atoms. The fourth-order valence-corrected chi connectivity index (χ4v) is 4.15. The molecule has 2 saturated heterocycles. The van der Waals surface area contributed by atoms with Crippen LogP contribution in [0.2, 0.25) is 0 Å². The molecule has 2 aliphatic heterocycles. The summed E-state index contributed by atoms with van der Waals surface area (Å²) in [5, 5.41) is 7.36. The highest BCUT2D eigenvalue weighted by atomic mass is 16.5. The summed E-state index contributed by atoms with van der Waals surface area (Å²) in [6, 6.07) is 12.3. The van der Waals surface area contributed by atoms with Crippen molar-refractivity contribution in [1.82, 2.24) is 10.6 Å². The predicted molar refractivity (Wildman–Crippen MR) is 84.5 cm³/mol. The molecule has 3 fully saturated rings. The zero-order chi connectivity index (χ0) is 14.1. The third-order valence-electron chi connectivity index (χ3n) is 5.48. The Labute approximate surface area is 127 Å². The van der Waals surface area contributed by atoms with Gasteiger partial charge in [-0.3, -0.25) is 0 Å². The largest absolute Gasteiger partial charge is 0.375 e. The zero-order valence-electron chi connectivity index (χ0n) is 12.7. The Balaban J connectivity index is 1.33. The lowest BCUT2D eigenvalue weighted by Gasteiger charge is -2.44. The Bertz CT molecular complexity index is 464.